The van der Waals surface area contributed by atoms with E-state index in [9.17, 15) is 8.42 Å². The number of anilines is 1. The summed E-state index contributed by atoms with van der Waals surface area (Å²) in [5, 5.41) is 12.9. The summed E-state index contributed by atoms with van der Waals surface area (Å²) < 4.78 is 34.2. The van der Waals surface area contributed by atoms with Gasteiger partial charge in [0, 0.05) is 11.8 Å². The molecule has 4 rings (SSSR count). The number of nitrogens with zero attached hydrogens (tertiary/aromatic N) is 1. The fraction of sp³-hybridized carbons (Fsp3) is 0.0833. The molecule has 0 aliphatic heterocycles. The standard InChI is InChI=1S/C24H21N3O3S2/c1-16-7-9-18(10-8-16)32(28,29)27-24-22(19(11-13-26-24)17-12-14-31-15-17)23(25)20-5-3-4-6-21(20)30-2/h3-15,25H,1-2H3,(H,26,27). The zero-order valence-corrected chi connectivity index (χ0v) is 19.1. The van der Waals surface area contributed by atoms with E-state index < -0.39 is 10.0 Å². The minimum atomic E-state index is -3.91. The molecule has 0 bridgehead atoms. The first kappa shape index (κ1) is 21.7. The Hall–Kier alpha value is -3.49. The molecule has 2 aromatic heterocycles. The van der Waals surface area contributed by atoms with Gasteiger partial charge in [0.25, 0.3) is 10.0 Å². The molecule has 0 saturated carbocycles. The SMILES string of the molecule is COc1ccccc1C(=N)c1c(-c2ccsc2)ccnc1NS(=O)(=O)c1ccc(C)cc1. The number of aromatic nitrogens is 1. The molecule has 0 saturated heterocycles. The number of hydrogen-bond acceptors (Lipinski definition) is 6. The third kappa shape index (κ3) is 4.28. The van der Waals surface area contributed by atoms with Crippen molar-refractivity contribution < 1.29 is 13.2 Å². The van der Waals surface area contributed by atoms with Gasteiger partial charge < -0.3 is 4.74 Å². The molecule has 0 fully saturated rings. The highest BCUT2D eigenvalue weighted by atomic mass is 32.2. The van der Waals surface area contributed by atoms with Gasteiger partial charge in [0.15, 0.2) is 0 Å². The van der Waals surface area contributed by atoms with Crippen LogP contribution in [0.1, 0.15) is 16.7 Å². The summed E-state index contributed by atoms with van der Waals surface area (Å²) in [6, 6.07) is 17.4. The van der Waals surface area contributed by atoms with E-state index in [0.29, 0.717) is 22.4 Å². The first-order valence-corrected chi connectivity index (χ1v) is 12.2. The molecule has 0 unspecified atom stereocenters. The summed E-state index contributed by atoms with van der Waals surface area (Å²) in [7, 11) is -2.37. The summed E-state index contributed by atoms with van der Waals surface area (Å²) in [4.78, 5) is 4.44. The lowest BCUT2D eigenvalue weighted by Gasteiger charge is -2.17. The topological polar surface area (TPSA) is 92.1 Å². The number of pyridine rings is 1. The summed E-state index contributed by atoms with van der Waals surface area (Å²) in [6.45, 7) is 1.89. The van der Waals surface area contributed by atoms with Crippen LogP contribution in [0.15, 0.2) is 82.5 Å². The average molecular weight is 464 g/mol. The van der Waals surface area contributed by atoms with E-state index in [1.165, 1.54) is 18.4 Å². The molecule has 4 aromatic rings. The number of rotatable bonds is 7. The number of ether oxygens (including phenoxy) is 1. The summed E-state index contributed by atoms with van der Waals surface area (Å²) in [6.07, 6.45) is 1.54. The van der Waals surface area contributed by atoms with Gasteiger partial charge in [-0.25, -0.2) is 13.4 Å². The first-order valence-electron chi connectivity index (χ1n) is 9.74. The Bertz CT molecular complexity index is 1360. The third-order valence-electron chi connectivity index (χ3n) is 4.97. The fourth-order valence-electron chi connectivity index (χ4n) is 3.34. The zero-order valence-electron chi connectivity index (χ0n) is 17.5. The molecule has 0 radical (unpaired) electrons. The minimum Gasteiger partial charge on any atom is -0.496 e. The normalized spacial score (nSPS) is 11.2. The van der Waals surface area contributed by atoms with Crippen LogP contribution < -0.4 is 9.46 Å². The number of nitrogens with one attached hydrogen (secondary N) is 2. The van der Waals surface area contributed by atoms with E-state index in [1.807, 2.05) is 35.9 Å². The van der Waals surface area contributed by atoms with Crippen molar-refractivity contribution in [3.63, 3.8) is 0 Å². The third-order valence-corrected chi connectivity index (χ3v) is 7.01. The Balaban J connectivity index is 1.87. The Morgan fingerprint density at radius 3 is 2.50 bits per heavy atom. The summed E-state index contributed by atoms with van der Waals surface area (Å²) in [5.41, 5.74) is 3.57. The number of para-hydroxylation sites is 1. The van der Waals surface area contributed by atoms with Crippen LogP contribution in [0.2, 0.25) is 0 Å². The molecule has 2 N–H and O–H groups in total. The molecule has 162 valence electrons. The molecule has 32 heavy (non-hydrogen) atoms. The van der Waals surface area contributed by atoms with Crippen LogP contribution in [0.4, 0.5) is 5.82 Å². The predicted octanol–water partition coefficient (Wildman–Crippen LogP) is 5.34. The molecule has 0 atom stereocenters. The Morgan fingerprint density at radius 1 is 1.06 bits per heavy atom. The van der Waals surface area contributed by atoms with Crippen molar-refractivity contribution in [2.24, 2.45) is 0 Å². The van der Waals surface area contributed by atoms with Gasteiger partial charge in [-0.1, -0.05) is 29.8 Å². The lowest BCUT2D eigenvalue weighted by atomic mass is 9.95. The van der Waals surface area contributed by atoms with E-state index in [4.69, 9.17) is 10.1 Å². The smallest absolute Gasteiger partial charge is 0.263 e. The highest BCUT2D eigenvalue weighted by Gasteiger charge is 2.24. The highest BCUT2D eigenvalue weighted by Crippen LogP contribution is 2.34. The van der Waals surface area contributed by atoms with Crippen molar-refractivity contribution in [2.75, 3.05) is 11.8 Å². The molecule has 0 aliphatic carbocycles. The van der Waals surface area contributed by atoms with E-state index in [1.54, 1.807) is 48.7 Å². The van der Waals surface area contributed by atoms with Gasteiger partial charge >= 0.3 is 0 Å². The van der Waals surface area contributed by atoms with Gasteiger partial charge in [-0.3, -0.25) is 10.1 Å². The monoisotopic (exact) mass is 463 g/mol. The van der Waals surface area contributed by atoms with E-state index in [0.717, 1.165) is 11.1 Å². The van der Waals surface area contributed by atoms with Crippen LogP contribution in [-0.4, -0.2) is 26.2 Å². The molecule has 6 nitrogen and oxygen atoms in total. The summed E-state index contributed by atoms with van der Waals surface area (Å²) in [5.74, 6) is 0.607. The van der Waals surface area contributed by atoms with Crippen molar-refractivity contribution >= 4 is 32.9 Å². The van der Waals surface area contributed by atoms with Crippen LogP contribution in [0.3, 0.4) is 0 Å². The van der Waals surface area contributed by atoms with Gasteiger partial charge in [-0.05, 0) is 65.2 Å². The summed E-state index contributed by atoms with van der Waals surface area (Å²) >= 11 is 1.52. The maximum Gasteiger partial charge on any atom is 0.263 e. The van der Waals surface area contributed by atoms with E-state index >= 15 is 0 Å². The largest absolute Gasteiger partial charge is 0.496 e. The van der Waals surface area contributed by atoms with Crippen molar-refractivity contribution in [2.45, 2.75) is 11.8 Å². The van der Waals surface area contributed by atoms with E-state index in [2.05, 4.69) is 9.71 Å². The molecule has 2 aromatic carbocycles. The second kappa shape index (κ2) is 8.94. The molecule has 0 amide bonds. The highest BCUT2D eigenvalue weighted by molar-refractivity contribution is 7.92. The van der Waals surface area contributed by atoms with Crippen molar-refractivity contribution in [3.8, 4) is 16.9 Å². The number of sulfonamides is 1. The van der Waals surface area contributed by atoms with Crippen LogP contribution in [-0.2, 0) is 10.0 Å². The Kier molecular flexibility index (Phi) is 6.07. The maximum atomic E-state index is 13.1. The van der Waals surface area contributed by atoms with Crippen molar-refractivity contribution in [1.82, 2.24) is 4.98 Å². The first-order chi connectivity index (χ1) is 15.4. The molecule has 0 spiro atoms. The van der Waals surface area contributed by atoms with Crippen LogP contribution in [0.5, 0.6) is 5.75 Å². The molecular weight excluding hydrogens is 442 g/mol. The zero-order chi connectivity index (χ0) is 22.7. The van der Waals surface area contributed by atoms with Gasteiger partial charge in [-0.2, -0.15) is 11.3 Å². The lowest BCUT2D eigenvalue weighted by molar-refractivity contribution is 0.414. The Labute approximate surface area is 191 Å². The molecular formula is C24H21N3O3S2. The van der Waals surface area contributed by atoms with Crippen LogP contribution in [0.25, 0.3) is 11.1 Å². The van der Waals surface area contributed by atoms with Gasteiger partial charge in [0.2, 0.25) is 0 Å². The second-order valence-electron chi connectivity index (χ2n) is 7.09. The number of aryl methyl sites for hydroxylation is 1. The van der Waals surface area contributed by atoms with Gasteiger partial charge in [0.05, 0.1) is 23.3 Å². The quantitative estimate of drug-likeness (QED) is 0.362. The van der Waals surface area contributed by atoms with Crippen LogP contribution in [0, 0.1) is 12.3 Å². The molecule has 0 aliphatic rings. The minimum absolute atomic E-state index is 0.0881. The lowest BCUT2D eigenvalue weighted by Crippen LogP contribution is -2.18. The van der Waals surface area contributed by atoms with E-state index in [-0.39, 0.29) is 16.4 Å². The number of thiophene rings is 1. The Morgan fingerprint density at radius 2 is 1.81 bits per heavy atom. The van der Waals surface area contributed by atoms with Gasteiger partial charge in [-0.15, -0.1) is 0 Å². The number of benzene rings is 2. The number of methoxy groups -OCH3 is 1. The van der Waals surface area contributed by atoms with Crippen molar-refractivity contribution in [1.29, 1.82) is 5.41 Å². The number of hydrogen-bond donors (Lipinski definition) is 2. The van der Waals surface area contributed by atoms with Gasteiger partial charge in [0.1, 0.15) is 11.6 Å². The second-order valence-corrected chi connectivity index (χ2v) is 9.55. The van der Waals surface area contributed by atoms with Crippen LogP contribution >= 0.6 is 11.3 Å². The van der Waals surface area contributed by atoms with Crippen molar-refractivity contribution in [3.05, 3.63) is 94.3 Å². The maximum absolute atomic E-state index is 13.1. The fourth-order valence-corrected chi connectivity index (χ4v) is 5.02. The molecule has 8 heteroatoms. The average Bonchev–Trinajstić information content (AvgIpc) is 3.33. The molecule has 2 heterocycles. The predicted molar refractivity (Wildman–Crippen MR) is 128 cm³/mol.